The number of methoxy groups -OCH3 is 1. The summed E-state index contributed by atoms with van der Waals surface area (Å²) in [6.07, 6.45) is -0.454. The molecular weight excluding hydrogens is 196 g/mol. The minimum atomic E-state index is -0.885. The van der Waals surface area contributed by atoms with Crippen LogP contribution in [0.25, 0.3) is 0 Å². The van der Waals surface area contributed by atoms with Crippen LogP contribution in [0.3, 0.4) is 0 Å². The Labute approximate surface area is 81.1 Å². The van der Waals surface area contributed by atoms with Gasteiger partial charge < -0.3 is 9.47 Å². The second-order valence-corrected chi connectivity index (χ2v) is 3.91. The fraction of sp³-hybridized carbons (Fsp3) is 0.750. The molecule has 0 N–H and O–H groups in total. The van der Waals surface area contributed by atoms with Crippen molar-refractivity contribution in [2.75, 3.05) is 7.11 Å². The van der Waals surface area contributed by atoms with Crippen molar-refractivity contribution in [2.45, 2.75) is 20.0 Å². The Morgan fingerprint density at radius 2 is 1.92 bits per heavy atom. The number of carbonyl (C=O) groups excluding carboxylic acids is 2. The molecule has 0 bridgehead atoms. The van der Waals surface area contributed by atoms with Crippen LogP contribution in [0.4, 0.5) is 4.79 Å². The van der Waals surface area contributed by atoms with Crippen molar-refractivity contribution in [1.29, 1.82) is 0 Å². The van der Waals surface area contributed by atoms with Crippen LogP contribution in [0.1, 0.15) is 13.8 Å². The van der Waals surface area contributed by atoms with E-state index in [4.69, 9.17) is 16.3 Å². The maximum Gasteiger partial charge on any atom is 0.404 e. The highest BCUT2D eigenvalue weighted by Gasteiger charge is 2.65. The number of hydrogen-bond donors (Lipinski definition) is 0. The molecule has 0 saturated heterocycles. The average molecular weight is 207 g/mol. The van der Waals surface area contributed by atoms with Gasteiger partial charge in [-0.25, -0.2) is 4.79 Å². The van der Waals surface area contributed by atoms with Crippen LogP contribution in [-0.2, 0) is 14.3 Å². The van der Waals surface area contributed by atoms with Crippen molar-refractivity contribution in [1.82, 2.24) is 0 Å². The topological polar surface area (TPSA) is 52.6 Å². The van der Waals surface area contributed by atoms with E-state index in [-0.39, 0.29) is 17.3 Å². The smallest absolute Gasteiger partial charge is 0.404 e. The van der Waals surface area contributed by atoms with E-state index in [2.05, 4.69) is 4.74 Å². The van der Waals surface area contributed by atoms with E-state index in [1.54, 1.807) is 0 Å². The van der Waals surface area contributed by atoms with E-state index in [1.807, 2.05) is 13.8 Å². The van der Waals surface area contributed by atoms with Gasteiger partial charge in [0.1, 0.15) is 12.0 Å². The van der Waals surface area contributed by atoms with Crippen LogP contribution in [-0.4, -0.2) is 24.6 Å². The lowest BCUT2D eigenvalue weighted by molar-refractivity contribution is -0.143. The molecule has 13 heavy (non-hydrogen) atoms. The predicted octanol–water partition coefficient (Wildman–Crippen LogP) is 1.56. The Kier molecular flexibility index (Phi) is 2.52. The molecule has 74 valence electrons. The van der Waals surface area contributed by atoms with Gasteiger partial charge in [0.15, 0.2) is 0 Å². The zero-order valence-electron chi connectivity index (χ0n) is 7.67. The molecule has 2 atom stereocenters. The highest BCUT2D eigenvalue weighted by atomic mass is 35.5. The van der Waals surface area contributed by atoms with Gasteiger partial charge in [0.05, 0.1) is 7.11 Å². The van der Waals surface area contributed by atoms with Crippen LogP contribution in [0.2, 0.25) is 0 Å². The number of esters is 1. The summed E-state index contributed by atoms with van der Waals surface area (Å²) in [7, 11) is 1.30. The largest absolute Gasteiger partial charge is 0.469 e. The molecule has 0 heterocycles. The molecule has 0 aliphatic heterocycles. The summed E-state index contributed by atoms with van der Waals surface area (Å²) < 4.78 is 9.29. The Morgan fingerprint density at radius 3 is 2.31 bits per heavy atom. The number of ether oxygens (including phenoxy) is 2. The predicted molar refractivity (Wildman–Crippen MR) is 45.4 cm³/mol. The third-order valence-electron chi connectivity index (χ3n) is 2.40. The molecule has 1 rings (SSSR count). The van der Waals surface area contributed by atoms with Crippen molar-refractivity contribution < 1.29 is 19.1 Å². The Morgan fingerprint density at radius 1 is 1.38 bits per heavy atom. The van der Waals surface area contributed by atoms with E-state index in [0.29, 0.717) is 0 Å². The summed E-state index contributed by atoms with van der Waals surface area (Å²) in [5.74, 6) is -0.756. The van der Waals surface area contributed by atoms with Gasteiger partial charge in [0.25, 0.3) is 0 Å². The fourth-order valence-corrected chi connectivity index (χ4v) is 1.56. The maximum atomic E-state index is 11.1. The SMILES string of the molecule is COC(=O)C1C(OC(=O)Cl)C1(C)C. The van der Waals surface area contributed by atoms with E-state index < -0.39 is 11.5 Å². The first-order valence-corrected chi connectivity index (χ1v) is 4.23. The standard InChI is InChI=1S/C8H11ClO4/c1-8(2)4(6(10)12-3)5(8)13-7(9)11/h4-5H,1-3H3. The van der Waals surface area contributed by atoms with Gasteiger partial charge >= 0.3 is 11.4 Å². The number of carbonyl (C=O) groups is 2. The summed E-state index contributed by atoms with van der Waals surface area (Å²) in [5, 5.41) is 0. The highest BCUT2D eigenvalue weighted by molar-refractivity contribution is 6.61. The van der Waals surface area contributed by atoms with Gasteiger partial charge in [0.2, 0.25) is 0 Å². The number of halogens is 1. The zero-order valence-corrected chi connectivity index (χ0v) is 8.42. The van der Waals surface area contributed by atoms with Gasteiger partial charge in [-0.15, -0.1) is 0 Å². The molecule has 1 aliphatic rings. The first-order valence-electron chi connectivity index (χ1n) is 3.85. The van der Waals surface area contributed by atoms with Gasteiger partial charge in [-0.2, -0.15) is 0 Å². The van der Waals surface area contributed by atoms with Crippen molar-refractivity contribution in [3.8, 4) is 0 Å². The summed E-state index contributed by atoms with van der Waals surface area (Å²) in [6, 6.07) is 0. The fourth-order valence-electron chi connectivity index (χ4n) is 1.46. The minimum Gasteiger partial charge on any atom is -0.469 e. The molecule has 5 heteroatoms. The van der Waals surface area contributed by atoms with Crippen molar-refractivity contribution in [3.63, 3.8) is 0 Å². The molecule has 0 aromatic heterocycles. The van der Waals surface area contributed by atoms with Gasteiger partial charge in [-0.1, -0.05) is 13.8 Å². The minimum absolute atomic E-state index is 0.363. The summed E-state index contributed by atoms with van der Waals surface area (Å²) in [6.45, 7) is 3.64. The van der Waals surface area contributed by atoms with Gasteiger partial charge in [-0.05, 0) is 0 Å². The second kappa shape index (κ2) is 3.18. The molecule has 0 amide bonds. The second-order valence-electron chi connectivity index (χ2n) is 3.60. The van der Waals surface area contributed by atoms with Crippen molar-refractivity contribution in [2.24, 2.45) is 11.3 Å². The third kappa shape index (κ3) is 1.77. The molecule has 1 fully saturated rings. The van der Waals surface area contributed by atoms with E-state index in [0.717, 1.165) is 0 Å². The lowest BCUT2D eigenvalue weighted by Gasteiger charge is -1.99. The van der Waals surface area contributed by atoms with E-state index in [1.165, 1.54) is 7.11 Å². The lowest BCUT2D eigenvalue weighted by atomic mass is 10.1. The Balaban J connectivity index is 2.60. The maximum absolute atomic E-state index is 11.1. The third-order valence-corrected chi connectivity index (χ3v) is 2.49. The van der Waals surface area contributed by atoms with E-state index >= 15 is 0 Å². The molecule has 0 aromatic carbocycles. The van der Waals surface area contributed by atoms with Crippen LogP contribution in [0.15, 0.2) is 0 Å². The van der Waals surface area contributed by atoms with Crippen molar-refractivity contribution in [3.05, 3.63) is 0 Å². The van der Waals surface area contributed by atoms with Gasteiger partial charge in [0, 0.05) is 17.0 Å². The molecular formula is C8H11ClO4. The number of hydrogen-bond acceptors (Lipinski definition) is 4. The van der Waals surface area contributed by atoms with Crippen LogP contribution < -0.4 is 0 Å². The summed E-state index contributed by atoms with van der Waals surface area (Å²) in [5.41, 5.74) is -1.25. The first-order chi connectivity index (χ1) is 5.91. The molecule has 1 saturated carbocycles. The zero-order chi connectivity index (χ0) is 10.2. The highest BCUT2D eigenvalue weighted by Crippen LogP contribution is 2.54. The monoisotopic (exact) mass is 206 g/mol. The molecule has 2 unspecified atom stereocenters. The van der Waals surface area contributed by atoms with E-state index in [9.17, 15) is 9.59 Å². The number of rotatable bonds is 2. The normalized spacial score (nSPS) is 29.2. The lowest BCUT2D eigenvalue weighted by Crippen LogP contribution is -2.09. The molecule has 1 aliphatic carbocycles. The first kappa shape index (κ1) is 10.3. The Hall–Kier alpha value is -0.770. The summed E-state index contributed by atoms with van der Waals surface area (Å²) in [4.78, 5) is 21.6. The van der Waals surface area contributed by atoms with Crippen molar-refractivity contribution >= 4 is 23.0 Å². The quantitative estimate of drug-likeness (QED) is 0.508. The molecule has 0 radical (unpaired) electrons. The van der Waals surface area contributed by atoms with Gasteiger partial charge in [-0.3, -0.25) is 4.79 Å². The average Bonchev–Trinajstić information content (AvgIpc) is 2.51. The van der Waals surface area contributed by atoms with Crippen LogP contribution >= 0.6 is 11.6 Å². The van der Waals surface area contributed by atoms with Crippen LogP contribution in [0, 0.1) is 11.3 Å². The molecule has 4 nitrogen and oxygen atoms in total. The Bertz CT molecular complexity index is 249. The van der Waals surface area contributed by atoms with Crippen LogP contribution in [0.5, 0.6) is 0 Å². The summed E-state index contributed by atoms with van der Waals surface area (Å²) >= 11 is 5.04. The molecule has 0 spiro atoms. The molecule has 0 aromatic rings.